The van der Waals surface area contributed by atoms with Gasteiger partial charge in [0.1, 0.15) is 5.82 Å². The molecule has 2 aromatic heterocycles. The van der Waals surface area contributed by atoms with Crippen LogP contribution in [0.4, 0.5) is 0 Å². The summed E-state index contributed by atoms with van der Waals surface area (Å²) in [5.41, 5.74) is 4.37. The van der Waals surface area contributed by atoms with Crippen LogP contribution in [0.1, 0.15) is 24.0 Å². The highest BCUT2D eigenvalue weighted by Gasteiger charge is 2.12. The summed E-state index contributed by atoms with van der Waals surface area (Å²) in [7, 11) is 0. The smallest absolute Gasteiger partial charge is 0.125 e. The van der Waals surface area contributed by atoms with Crippen LogP contribution >= 0.6 is 27.5 Å². The molecule has 0 aliphatic carbocycles. The highest BCUT2D eigenvalue weighted by Crippen LogP contribution is 2.23. The average Bonchev–Trinajstić information content (AvgIpc) is 2.85. The third-order valence-electron chi connectivity index (χ3n) is 3.58. The molecule has 0 N–H and O–H groups in total. The van der Waals surface area contributed by atoms with Gasteiger partial charge in [-0.25, -0.2) is 4.98 Å². The maximum absolute atomic E-state index is 6.07. The number of imidazole rings is 1. The first-order valence-corrected chi connectivity index (χ1v) is 8.19. The molecule has 2 heterocycles. The third-order valence-corrected chi connectivity index (χ3v) is 4.31. The van der Waals surface area contributed by atoms with E-state index in [4.69, 9.17) is 11.6 Å². The van der Waals surface area contributed by atoms with Crippen LogP contribution in [0.5, 0.6) is 0 Å². The van der Waals surface area contributed by atoms with Crippen molar-refractivity contribution >= 4 is 38.6 Å². The number of halogens is 2. The maximum Gasteiger partial charge on any atom is 0.125 e. The topological polar surface area (TPSA) is 30.7 Å². The minimum Gasteiger partial charge on any atom is -0.321 e. The van der Waals surface area contributed by atoms with E-state index in [-0.39, 0.29) is 0 Å². The van der Waals surface area contributed by atoms with Gasteiger partial charge < -0.3 is 4.57 Å². The summed E-state index contributed by atoms with van der Waals surface area (Å²) >= 11 is 9.59. The van der Waals surface area contributed by atoms with Crippen molar-refractivity contribution in [2.45, 2.75) is 25.8 Å². The van der Waals surface area contributed by atoms with Crippen LogP contribution in [0.25, 0.3) is 11.0 Å². The molecule has 0 saturated heterocycles. The predicted octanol–water partition coefficient (Wildman–Crippen LogP) is 4.54. The van der Waals surface area contributed by atoms with Gasteiger partial charge in [-0.1, -0.05) is 28.9 Å². The van der Waals surface area contributed by atoms with Crippen LogP contribution < -0.4 is 0 Å². The Morgan fingerprint density at radius 2 is 2.14 bits per heavy atom. The van der Waals surface area contributed by atoms with Gasteiger partial charge in [0.05, 0.1) is 29.2 Å². The van der Waals surface area contributed by atoms with Crippen LogP contribution in [0.3, 0.4) is 0 Å². The van der Waals surface area contributed by atoms with Gasteiger partial charge in [-0.2, -0.15) is 0 Å². The highest BCUT2D eigenvalue weighted by molar-refractivity contribution is 9.10. The minimum atomic E-state index is 0.389. The molecule has 3 nitrogen and oxygen atoms in total. The van der Waals surface area contributed by atoms with Crippen molar-refractivity contribution in [1.29, 1.82) is 0 Å². The van der Waals surface area contributed by atoms with Crippen LogP contribution in [0.15, 0.2) is 41.0 Å². The lowest BCUT2D eigenvalue weighted by Crippen LogP contribution is -2.07. The normalized spacial score (nSPS) is 11.2. The summed E-state index contributed by atoms with van der Waals surface area (Å²) in [5.74, 6) is 1.26. The van der Waals surface area contributed by atoms with Crippen molar-refractivity contribution in [3.8, 4) is 0 Å². The summed E-state index contributed by atoms with van der Waals surface area (Å²) in [6, 6.07) is 10.2. The Kier molecular flexibility index (Phi) is 4.27. The van der Waals surface area contributed by atoms with E-state index in [9.17, 15) is 0 Å². The molecule has 0 amide bonds. The molecule has 3 aromatic rings. The fourth-order valence-corrected chi connectivity index (χ4v) is 3.06. The number of rotatable bonds is 4. The van der Waals surface area contributed by atoms with Gasteiger partial charge >= 0.3 is 0 Å². The van der Waals surface area contributed by atoms with Crippen LogP contribution in [0.2, 0.25) is 0 Å². The number of nitrogens with zero attached hydrogens (tertiary/aromatic N) is 3. The van der Waals surface area contributed by atoms with Gasteiger partial charge in [0.25, 0.3) is 0 Å². The molecule has 0 unspecified atom stereocenters. The third kappa shape index (κ3) is 2.83. The number of alkyl halides is 1. The Balaban J connectivity index is 2.12. The lowest BCUT2D eigenvalue weighted by Gasteiger charge is -2.10. The Morgan fingerprint density at radius 1 is 1.29 bits per heavy atom. The summed E-state index contributed by atoms with van der Waals surface area (Å²) in [6.45, 7) is 2.84. The van der Waals surface area contributed by atoms with Gasteiger partial charge in [-0.15, -0.1) is 11.6 Å². The van der Waals surface area contributed by atoms with Gasteiger partial charge in [-0.3, -0.25) is 4.98 Å². The zero-order chi connectivity index (χ0) is 14.8. The molecule has 3 rings (SSSR count). The first-order chi connectivity index (χ1) is 10.2. The second kappa shape index (κ2) is 6.16. The second-order valence-corrected chi connectivity index (χ2v) is 6.03. The van der Waals surface area contributed by atoms with E-state index in [1.54, 1.807) is 0 Å². The summed E-state index contributed by atoms with van der Waals surface area (Å²) in [5, 5.41) is 0. The fourth-order valence-electron chi connectivity index (χ4n) is 2.51. The summed E-state index contributed by atoms with van der Waals surface area (Å²) < 4.78 is 3.18. The van der Waals surface area contributed by atoms with E-state index in [0.29, 0.717) is 12.4 Å². The van der Waals surface area contributed by atoms with E-state index in [1.807, 2.05) is 24.4 Å². The van der Waals surface area contributed by atoms with Gasteiger partial charge in [-0.05, 0) is 36.2 Å². The molecule has 0 aliphatic rings. The van der Waals surface area contributed by atoms with Crippen molar-refractivity contribution in [3.63, 3.8) is 0 Å². The van der Waals surface area contributed by atoms with Crippen molar-refractivity contribution in [1.82, 2.24) is 14.5 Å². The minimum absolute atomic E-state index is 0.389. The van der Waals surface area contributed by atoms with Crippen LogP contribution in [-0.4, -0.2) is 14.5 Å². The van der Waals surface area contributed by atoms with Gasteiger partial charge in [0, 0.05) is 10.7 Å². The van der Waals surface area contributed by atoms with Crippen molar-refractivity contribution in [2.75, 3.05) is 0 Å². The second-order valence-electron chi connectivity index (χ2n) is 4.84. The lowest BCUT2D eigenvalue weighted by atomic mass is 10.1. The Bertz CT molecular complexity index is 782. The number of benzene rings is 1. The molecule has 108 valence electrons. The molecule has 0 spiro atoms. The molecule has 0 atom stereocenters. The van der Waals surface area contributed by atoms with E-state index in [1.165, 1.54) is 5.56 Å². The number of pyridine rings is 1. The molecule has 21 heavy (non-hydrogen) atoms. The van der Waals surface area contributed by atoms with E-state index in [0.717, 1.165) is 33.4 Å². The molecular formula is C16H15BrClN3. The van der Waals surface area contributed by atoms with Crippen molar-refractivity contribution < 1.29 is 0 Å². The Morgan fingerprint density at radius 3 is 2.90 bits per heavy atom. The summed E-state index contributed by atoms with van der Waals surface area (Å²) in [6.07, 6.45) is 2.81. The van der Waals surface area contributed by atoms with Gasteiger partial charge in [0.15, 0.2) is 0 Å². The Labute approximate surface area is 137 Å². The number of hydrogen-bond donors (Lipinski definition) is 0. The van der Waals surface area contributed by atoms with E-state index >= 15 is 0 Å². The SMILES string of the molecule is CCc1cccnc1Cn1c(CCl)nc2ccc(Br)cc21. The highest BCUT2D eigenvalue weighted by atomic mass is 79.9. The van der Waals surface area contributed by atoms with Crippen LogP contribution in [-0.2, 0) is 18.8 Å². The number of hydrogen-bond acceptors (Lipinski definition) is 2. The molecule has 0 fully saturated rings. The number of aryl methyl sites for hydroxylation is 1. The van der Waals surface area contributed by atoms with Crippen LogP contribution in [0, 0.1) is 0 Å². The molecular weight excluding hydrogens is 350 g/mol. The first kappa shape index (κ1) is 14.5. The zero-order valence-electron chi connectivity index (χ0n) is 11.7. The average molecular weight is 365 g/mol. The molecule has 0 radical (unpaired) electrons. The van der Waals surface area contributed by atoms with Crippen molar-refractivity contribution in [2.24, 2.45) is 0 Å². The summed E-state index contributed by atoms with van der Waals surface area (Å²) in [4.78, 5) is 9.13. The molecule has 0 bridgehead atoms. The first-order valence-electron chi connectivity index (χ1n) is 6.86. The monoisotopic (exact) mass is 363 g/mol. The molecule has 5 heteroatoms. The number of fused-ring (bicyclic) bond motifs is 1. The Hall–Kier alpha value is -1.39. The fraction of sp³-hybridized carbons (Fsp3) is 0.250. The molecule has 0 saturated carbocycles. The van der Waals surface area contributed by atoms with E-state index in [2.05, 4.69) is 49.5 Å². The molecule has 1 aromatic carbocycles. The molecule has 0 aliphatic heterocycles. The zero-order valence-corrected chi connectivity index (χ0v) is 14.0. The standard InChI is InChI=1S/C16H15BrClN3/c1-2-11-4-3-7-19-14(11)10-21-15-8-12(17)5-6-13(15)20-16(21)9-18/h3-8H,2,9-10H2,1H3. The quantitative estimate of drug-likeness (QED) is 0.636. The predicted molar refractivity (Wildman–Crippen MR) is 89.7 cm³/mol. The van der Waals surface area contributed by atoms with Gasteiger partial charge in [0.2, 0.25) is 0 Å². The maximum atomic E-state index is 6.07. The van der Waals surface area contributed by atoms with Crippen molar-refractivity contribution in [3.05, 3.63) is 58.1 Å². The number of aromatic nitrogens is 3. The largest absolute Gasteiger partial charge is 0.321 e. The van der Waals surface area contributed by atoms with E-state index < -0.39 is 0 Å². The lowest BCUT2D eigenvalue weighted by molar-refractivity contribution is 0.747.